The molecule has 5 nitrogen and oxygen atoms in total. The van der Waals surface area contributed by atoms with Crippen LogP contribution in [0, 0.1) is 5.92 Å². The smallest absolute Gasteiger partial charge is 0.236 e. The summed E-state index contributed by atoms with van der Waals surface area (Å²) in [6, 6.07) is 0.617. The number of carbonyl (C=O) groups is 1. The van der Waals surface area contributed by atoms with Crippen LogP contribution >= 0.6 is 0 Å². The number of likely N-dealkylation sites (tertiary alicyclic amines) is 1. The fraction of sp³-hybridized carbons (Fsp3) is 0.929. The van der Waals surface area contributed by atoms with Crippen LogP contribution in [0.5, 0.6) is 0 Å². The molecule has 2 fully saturated rings. The van der Waals surface area contributed by atoms with E-state index in [9.17, 15) is 4.79 Å². The summed E-state index contributed by atoms with van der Waals surface area (Å²) >= 11 is 0. The Morgan fingerprint density at radius 1 is 1.32 bits per heavy atom. The number of hydrogen-bond acceptors (Lipinski definition) is 4. The Morgan fingerprint density at radius 3 is 2.63 bits per heavy atom. The zero-order valence-corrected chi connectivity index (χ0v) is 12.2. The third kappa shape index (κ3) is 4.75. The highest BCUT2D eigenvalue weighted by Crippen LogP contribution is 2.14. The molecule has 0 saturated carbocycles. The number of nitrogens with zero attached hydrogens (tertiary/aromatic N) is 2. The van der Waals surface area contributed by atoms with E-state index >= 15 is 0 Å². The highest BCUT2D eigenvalue weighted by Gasteiger charge is 2.22. The second-order valence-electron chi connectivity index (χ2n) is 5.98. The summed E-state index contributed by atoms with van der Waals surface area (Å²) in [4.78, 5) is 15.6. The van der Waals surface area contributed by atoms with Crippen molar-refractivity contribution in [3.63, 3.8) is 0 Å². The summed E-state index contributed by atoms with van der Waals surface area (Å²) in [7, 11) is 3.64. The highest BCUT2D eigenvalue weighted by molar-refractivity contribution is 5.77. The van der Waals surface area contributed by atoms with Crippen molar-refractivity contribution in [3.8, 4) is 0 Å². The Labute approximate surface area is 116 Å². The molecule has 0 bridgehead atoms. The SMILES string of the molecule is CN(C)C(=O)CN1CCC(NCC2CCOC2)CC1. The number of rotatable bonds is 5. The summed E-state index contributed by atoms with van der Waals surface area (Å²) in [5, 5.41) is 3.66. The van der Waals surface area contributed by atoms with Crippen molar-refractivity contribution in [2.24, 2.45) is 5.92 Å². The third-order valence-corrected chi connectivity index (χ3v) is 4.16. The van der Waals surface area contributed by atoms with Crippen LogP contribution in [0.15, 0.2) is 0 Å². The predicted molar refractivity (Wildman–Crippen MR) is 75.1 cm³/mol. The lowest BCUT2D eigenvalue weighted by Crippen LogP contribution is -2.46. The van der Waals surface area contributed by atoms with E-state index in [1.165, 1.54) is 6.42 Å². The van der Waals surface area contributed by atoms with E-state index in [-0.39, 0.29) is 5.91 Å². The van der Waals surface area contributed by atoms with E-state index in [0.717, 1.165) is 45.7 Å². The monoisotopic (exact) mass is 269 g/mol. The summed E-state index contributed by atoms with van der Waals surface area (Å²) in [6.45, 7) is 5.55. The maximum absolute atomic E-state index is 11.6. The molecule has 2 heterocycles. The summed E-state index contributed by atoms with van der Waals surface area (Å²) in [5.41, 5.74) is 0. The van der Waals surface area contributed by atoms with Crippen molar-refractivity contribution in [2.75, 3.05) is 53.5 Å². The maximum atomic E-state index is 11.6. The van der Waals surface area contributed by atoms with Gasteiger partial charge in [0.2, 0.25) is 5.91 Å². The standard InChI is InChI=1S/C14H27N3O2/c1-16(2)14(18)10-17-6-3-13(4-7-17)15-9-12-5-8-19-11-12/h12-13,15H,3-11H2,1-2H3. The maximum Gasteiger partial charge on any atom is 0.236 e. The van der Waals surface area contributed by atoms with Gasteiger partial charge in [-0.05, 0) is 25.2 Å². The fourth-order valence-corrected chi connectivity index (χ4v) is 2.71. The largest absolute Gasteiger partial charge is 0.381 e. The molecule has 1 amide bonds. The first-order valence-electron chi connectivity index (χ1n) is 7.39. The summed E-state index contributed by atoms with van der Waals surface area (Å²) < 4.78 is 5.39. The molecule has 0 aromatic rings. The van der Waals surface area contributed by atoms with Crippen molar-refractivity contribution in [1.82, 2.24) is 15.1 Å². The number of likely N-dealkylation sites (N-methyl/N-ethyl adjacent to an activating group) is 1. The Kier molecular flexibility index (Phi) is 5.60. The molecule has 2 saturated heterocycles. The quantitative estimate of drug-likeness (QED) is 0.772. The van der Waals surface area contributed by atoms with Crippen molar-refractivity contribution >= 4 is 5.91 Å². The Bertz CT molecular complexity index is 282. The zero-order chi connectivity index (χ0) is 13.7. The van der Waals surface area contributed by atoms with Gasteiger partial charge in [-0.25, -0.2) is 0 Å². The molecule has 2 aliphatic rings. The van der Waals surface area contributed by atoms with E-state index < -0.39 is 0 Å². The minimum absolute atomic E-state index is 0.203. The normalized spacial score (nSPS) is 25.7. The van der Waals surface area contributed by atoms with Gasteiger partial charge >= 0.3 is 0 Å². The van der Waals surface area contributed by atoms with Crippen molar-refractivity contribution in [2.45, 2.75) is 25.3 Å². The molecule has 110 valence electrons. The van der Waals surface area contributed by atoms with Gasteiger partial charge in [-0.3, -0.25) is 9.69 Å². The first-order chi connectivity index (χ1) is 9.15. The number of ether oxygens (including phenoxy) is 1. The van der Waals surface area contributed by atoms with Crippen LogP contribution in [-0.2, 0) is 9.53 Å². The van der Waals surface area contributed by atoms with E-state index in [4.69, 9.17) is 4.74 Å². The average molecular weight is 269 g/mol. The van der Waals surface area contributed by atoms with Crippen LogP contribution in [0.4, 0.5) is 0 Å². The summed E-state index contributed by atoms with van der Waals surface area (Å²) in [6.07, 6.45) is 3.49. The van der Waals surface area contributed by atoms with Crippen LogP contribution in [0.1, 0.15) is 19.3 Å². The molecule has 5 heteroatoms. The second-order valence-corrected chi connectivity index (χ2v) is 5.98. The molecule has 0 aromatic carbocycles. The minimum Gasteiger partial charge on any atom is -0.381 e. The lowest BCUT2D eigenvalue weighted by molar-refractivity contribution is -0.130. The molecule has 0 spiro atoms. The fourth-order valence-electron chi connectivity index (χ4n) is 2.71. The summed E-state index contributed by atoms with van der Waals surface area (Å²) in [5.74, 6) is 0.905. The number of carbonyl (C=O) groups excluding carboxylic acids is 1. The van der Waals surface area contributed by atoms with Crippen LogP contribution < -0.4 is 5.32 Å². The molecule has 1 atom stereocenters. The molecule has 19 heavy (non-hydrogen) atoms. The molecule has 0 aromatic heterocycles. The Morgan fingerprint density at radius 2 is 2.05 bits per heavy atom. The number of hydrogen-bond donors (Lipinski definition) is 1. The average Bonchev–Trinajstić information content (AvgIpc) is 2.91. The van der Waals surface area contributed by atoms with Crippen LogP contribution in [-0.4, -0.2) is 75.2 Å². The second kappa shape index (κ2) is 7.22. The van der Waals surface area contributed by atoms with E-state index in [1.807, 2.05) is 14.1 Å². The van der Waals surface area contributed by atoms with Gasteiger partial charge in [0.05, 0.1) is 13.2 Å². The first-order valence-corrected chi connectivity index (χ1v) is 7.39. The molecule has 2 rings (SSSR count). The molecule has 1 unspecified atom stereocenters. The van der Waals surface area contributed by atoms with E-state index in [1.54, 1.807) is 4.90 Å². The minimum atomic E-state index is 0.203. The molecule has 0 radical (unpaired) electrons. The van der Waals surface area contributed by atoms with E-state index in [2.05, 4.69) is 10.2 Å². The van der Waals surface area contributed by atoms with Crippen LogP contribution in [0.25, 0.3) is 0 Å². The molecule has 1 N–H and O–H groups in total. The lowest BCUT2D eigenvalue weighted by atomic mass is 10.0. The Hall–Kier alpha value is -0.650. The van der Waals surface area contributed by atoms with Crippen LogP contribution in [0.3, 0.4) is 0 Å². The van der Waals surface area contributed by atoms with Crippen molar-refractivity contribution in [3.05, 3.63) is 0 Å². The van der Waals surface area contributed by atoms with Crippen molar-refractivity contribution < 1.29 is 9.53 Å². The zero-order valence-electron chi connectivity index (χ0n) is 12.2. The number of nitrogens with one attached hydrogen (secondary N) is 1. The van der Waals surface area contributed by atoms with Gasteiger partial charge in [0, 0.05) is 46.4 Å². The van der Waals surface area contributed by atoms with Gasteiger partial charge in [-0.1, -0.05) is 0 Å². The third-order valence-electron chi connectivity index (χ3n) is 4.16. The Balaban J connectivity index is 1.60. The van der Waals surface area contributed by atoms with Gasteiger partial charge in [0.1, 0.15) is 0 Å². The molecule has 2 aliphatic heterocycles. The van der Waals surface area contributed by atoms with Crippen LogP contribution in [0.2, 0.25) is 0 Å². The van der Waals surface area contributed by atoms with Gasteiger partial charge in [-0.15, -0.1) is 0 Å². The highest BCUT2D eigenvalue weighted by atomic mass is 16.5. The topological polar surface area (TPSA) is 44.8 Å². The molecular weight excluding hydrogens is 242 g/mol. The first kappa shape index (κ1) is 14.8. The predicted octanol–water partition coefficient (Wildman–Crippen LogP) is 0.165. The molecule has 0 aliphatic carbocycles. The van der Waals surface area contributed by atoms with E-state index in [0.29, 0.717) is 18.5 Å². The molecular formula is C14H27N3O2. The van der Waals surface area contributed by atoms with Crippen molar-refractivity contribution in [1.29, 1.82) is 0 Å². The number of amides is 1. The van der Waals surface area contributed by atoms with Gasteiger partial charge in [0.15, 0.2) is 0 Å². The lowest BCUT2D eigenvalue weighted by Gasteiger charge is -2.33. The van der Waals surface area contributed by atoms with Gasteiger partial charge < -0.3 is 15.0 Å². The van der Waals surface area contributed by atoms with Gasteiger partial charge in [0.25, 0.3) is 0 Å². The van der Waals surface area contributed by atoms with Gasteiger partial charge in [-0.2, -0.15) is 0 Å². The number of piperidine rings is 1.